The second kappa shape index (κ2) is 9.73. The van der Waals surface area contributed by atoms with Crippen molar-refractivity contribution in [2.45, 2.75) is 72.9 Å². The molecule has 2 saturated heterocycles. The Hall–Kier alpha value is -0.120. The van der Waals surface area contributed by atoms with E-state index in [0.29, 0.717) is 5.54 Å². The van der Waals surface area contributed by atoms with E-state index in [1.807, 2.05) is 27.7 Å². The van der Waals surface area contributed by atoms with Crippen molar-refractivity contribution in [2.75, 3.05) is 32.8 Å². The van der Waals surface area contributed by atoms with Gasteiger partial charge < -0.3 is 5.32 Å². The van der Waals surface area contributed by atoms with Gasteiger partial charge in [-0.15, -0.1) is 0 Å². The molecule has 1 N–H and O–H groups in total. The van der Waals surface area contributed by atoms with E-state index in [4.69, 9.17) is 0 Å². The van der Waals surface area contributed by atoms with Crippen LogP contribution < -0.4 is 5.32 Å². The molecule has 0 aromatic rings. The van der Waals surface area contributed by atoms with Crippen LogP contribution in [0.25, 0.3) is 0 Å². The lowest BCUT2D eigenvalue weighted by Crippen LogP contribution is -2.62. The fourth-order valence-corrected chi connectivity index (χ4v) is 2.64. The molecule has 116 valence electrons. The lowest BCUT2D eigenvalue weighted by Gasteiger charge is -2.49. The fourth-order valence-electron chi connectivity index (χ4n) is 2.64. The standard InChI is InChI=1S/C12H25N3.2C2H6/c1-4-12(2,3)15-8-7-14-10-13-6-5-11(14)9-15;2*1-2/h11,13H,4-10H2,1-3H3;2*1-2H3. The van der Waals surface area contributed by atoms with Crippen LogP contribution in [0.4, 0.5) is 0 Å². The van der Waals surface area contributed by atoms with Crippen molar-refractivity contribution in [1.82, 2.24) is 15.1 Å². The maximum Gasteiger partial charge on any atom is 0.0484 e. The molecule has 0 amide bonds. The van der Waals surface area contributed by atoms with Crippen LogP contribution in [0.2, 0.25) is 0 Å². The molecule has 1 atom stereocenters. The van der Waals surface area contributed by atoms with Gasteiger partial charge in [0.25, 0.3) is 0 Å². The molecule has 0 aromatic heterocycles. The third-order valence-electron chi connectivity index (χ3n) is 4.30. The summed E-state index contributed by atoms with van der Waals surface area (Å²) in [6.45, 7) is 21.1. The number of nitrogens with one attached hydrogen (secondary N) is 1. The normalized spacial score (nSPS) is 24.5. The minimum absolute atomic E-state index is 0.386. The minimum Gasteiger partial charge on any atom is -0.304 e. The second-order valence-electron chi connectivity index (χ2n) is 5.52. The van der Waals surface area contributed by atoms with Crippen molar-refractivity contribution < 1.29 is 0 Å². The lowest BCUT2D eigenvalue weighted by atomic mass is 9.95. The second-order valence-corrected chi connectivity index (χ2v) is 5.52. The Balaban J connectivity index is 0.000000741. The Morgan fingerprint density at radius 2 is 1.74 bits per heavy atom. The van der Waals surface area contributed by atoms with Crippen LogP contribution in [0.1, 0.15) is 61.3 Å². The zero-order valence-electron chi connectivity index (χ0n) is 14.4. The highest BCUT2D eigenvalue weighted by molar-refractivity contribution is 4.91. The molecular weight excluding hydrogens is 234 g/mol. The van der Waals surface area contributed by atoms with Crippen molar-refractivity contribution in [3.8, 4) is 0 Å². The molecule has 2 fully saturated rings. The first-order valence-electron chi connectivity index (χ1n) is 8.33. The van der Waals surface area contributed by atoms with Crippen LogP contribution in [0.3, 0.4) is 0 Å². The average Bonchev–Trinajstić information content (AvgIpc) is 2.50. The number of hydrogen-bond donors (Lipinski definition) is 1. The third-order valence-corrected chi connectivity index (χ3v) is 4.30. The van der Waals surface area contributed by atoms with Gasteiger partial charge in [-0.05, 0) is 33.2 Å². The molecule has 0 bridgehead atoms. The van der Waals surface area contributed by atoms with Crippen LogP contribution >= 0.6 is 0 Å². The Kier molecular flexibility index (Phi) is 9.67. The van der Waals surface area contributed by atoms with E-state index in [0.717, 1.165) is 12.7 Å². The summed E-state index contributed by atoms with van der Waals surface area (Å²) < 4.78 is 0. The maximum absolute atomic E-state index is 3.46. The highest BCUT2D eigenvalue weighted by atomic mass is 15.4. The fraction of sp³-hybridized carbons (Fsp3) is 1.00. The predicted molar refractivity (Wildman–Crippen MR) is 86.6 cm³/mol. The molecular formula is C16H37N3. The number of hydrogen-bond acceptors (Lipinski definition) is 3. The quantitative estimate of drug-likeness (QED) is 0.832. The monoisotopic (exact) mass is 271 g/mol. The number of piperazine rings is 1. The van der Waals surface area contributed by atoms with Crippen LogP contribution in [0.5, 0.6) is 0 Å². The van der Waals surface area contributed by atoms with Gasteiger partial charge in [-0.25, -0.2) is 0 Å². The highest BCUT2D eigenvalue weighted by Crippen LogP contribution is 2.24. The van der Waals surface area contributed by atoms with Gasteiger partial charge in [0.15, 0.2) is 0 Å². The maximum atomic E-state index is 3.46. The first kappa shape index (κ1) is 18.9. The van der Waals surface area contributed by atoms with E-state index in [1.165, 1.54) is 39.0 Å². The molecule has 2 heterocycles. The third kappa shape index (κ3) is 5.41. The first-order valence-corrected chi connectivity index (χ1v) is 8.33. The van der Waals surface area contributed by atoms with E-state index in [2.05, 4.69) is 35.9 Å². The molecule has 0 saturated carbocycles. The molecule has 0 aromatic carbocycles. The van der Waals surface area contributed by atoms with Crippen molar-refractivity contribution in [1.29, 1.82) is 0 Å². The minimum atomic E-state index is 0.386. The van der Waals surface area contributed by atoms with Crippen molar-refractivity contribution in [3.05, 3.63) is 0 Å². The zero-order chi connectivity index (χ0) is 14.9. The van der Waals surface area contributed by atoms with Crippen LogP contribution in [-0.4, -0.2) is 54.2 Å². The van der Waals surface area contributed by atoms with Gasteiger partial charge >= 0.3 is 0 Å². The van der Waals surface area contributed by atoms with Gasteiger partial charge in [0.2, 0.25) is 0 Å². The van der Waals surface area contributed by atoms with Gasteiger partial charge in [-0.1, -0.05) is 34.6 Å². The topological polar surface area (TPSA) is 18.5 Å². The molecule has 19 heavy (non-hydrogen) atoms. The van der Waals surface area contributed by atoms with E-state index in [9.17, 15) is 0 Å². The SMILES string of the molecule is CC.CC.CCC(C)(C)N1CCN2CNCCC2C1. The molecule has 2 aliphatic rings. The molecule has 3 nitrogen and oxygen atoms in total. The summed E-state index contributed by atoms with van der Waals surface area (Å²) >= 11 is 0. The van der Waals surface area contributed by atoms with Crippen molar-refractivity contribution in [2.24, 2.45) is 0 Å². The van der Waals surface area contributed by atoms with Gasteiger partial charge in [-0.3, -0.25) is 9.80 Å². The van der Waals surface area contributed by atoms with Crippen molar-refractivity contribution >= 4 is 0 Å². The first-order chi connectivity index (χ1) is 9.13. The van der Waals surface area contributed by atoms with Crippen LogP contribution in [0, 0.1) is 0 Å². The Bertz CT molecular complexity index is 216. The summed E-state index contributed by atoms with van der Waals surface area (Å²) in [5.41, 5.74) is 0.386. The van der Waals surface area contributed by atoms with Gasteiger partial charge in [0.05, 0.1) is 0 Å². The Morgan fingerprint density at radius 3 is 2.32 bits per heavy atom. The zero-order valence-corrected chi connectivity index (χ0v) is 14.4. The van der Waals surface area contributed by atoms with Crippen LogP contribution in [-0.2, 0) is 0 Å². The lowest BCUT2D eigenvalue weighted by molar-refractivity contribution is -0.00472. The smallest absolute Gasteiger partial charge is 0.0484 e. The van der Waals surface area contributed by atoms with E-state index >= 15 is 0 Å². The summed E-state index contributed by atoms with van der Waals surface area (Å²) in [6.07, 6.45) is 2.56. The Labute approximate surface area is 121 Å². The van der Waals surface area contributed by atoms with E-state index in [1.54, 1.807) is 0 Å². The molecule has 1 unspecified atom stereocenters. The summed E-state index contributed by atoms with van der Waals surface area (Å²) in [5, 5.41) is 3.46. The number of rotatable bonds is 2. The molecule has 2 aliphatic heterocycles. The van der Waals surface area contributed by atoms with Gasteiger partial charge in [0, 0.05) is 37.9 Å². The van der Waals surface area contributed by atoms with E-state index in [-0.39, 0.29) is 0 Å². The molecule has 3 heteroatoms. The largest absolute Gasteiger partial charge is 0.304 e. The summed E-state index contributed by atoms with van der Waals surface area (Å²) in [7, 11) is 0. The summed E-state index contributed by atoms with van der Waals surface area (Å²) in [5.74, 6) is 0. The van der Waals surface area contributed by atoms with Gasteiger partial charge in [0.1, 0.15) is 0 Å². The predicted octanol–water partition coefficient (Wildman–Crippen LogP) is 3.16. The van der Waals surface area contributed by atoms with Crippen LogP contribution in [0.15, 0.2) is 0 Å². The average molecular weight is 271 g/mol. The summed E-state index contributed by atoms with van der Waals surface area (Å²) in [4.78, 5) is 5.28. The molecule has 0 spiro atoms. The Morgan fingerprint density at radius 1 is 1.11 bits per heavy atom. The molecule has 0 radical (unpaired) electrons. The highest BCUT2D eigenvalue weighted by Gasteiger charge is 2.34. The summed E-state index contributed by atoms with van der Waals surface area (Å²) in [6, 6.07) is 0.797. The number of nitrogens with zero attached hydrogens (tertiary/aromatic N) is 2. The number of fused-ring (bicyclic) bond motifs is 1. The van der Waals surface area contributed by atoms with Crippen molar-refractivity contribution in [3.63, 3.8) is 0 Å². The van der Waals surface area contributed by atoms with Gasteiger partial charge in [-0.2, -0.15) is 0 Å². The van der Waals surface area contributed by atoms with E-state index < -0.39 is 0 Å². The molecule has 0 aliphatic carbocycles. The molecule has 2 rings (SSSR count).